The summed E-state index contributed by atoms with van der Waals surface area (Å²) in [5, 5.41) is 3.97. The van der Waals surface area contributed by atoms with E-state index in [9.17, 15) is 4.79 Å². The van der Waals surface area contributed by atoms with Gasteiger partial charge < -0.3 is 0 Å². The van der Waals surface area contributed by atoms with Crippen molar-refractivity contribution in [3.63, 3.8) is 0 Å². The van der Waals surface area contributed by atoms with E-state index >= 15 is 0 Å². The van der Waals surface area contributed by atoms with E-state index in [2.05, 4.69) is 39.4 Å². The Bertz CT molecular complexity index is 607. The first-order valence-corrected chi connectivity index (χ1v) is 7.47. The van der Waals surface area contributed by atoms with Crippen LogP contribution in [-0.2, 0) is 6.42 Å². The number of hydrogen-bond donors (Lipinski definition) is 1. The Morgan fingerprint density at radius 1 is 1.42 bits per heavy atom. The molecule has 2 rings (SSSR count). The van der Waals surface area contributed by atoms with Crippen LogP contribution in [0.4, 0.5) is 0 Å². The molecule has 3 nitrogen and oxygen atoms in total. The number of carbonyl (C=O) groups excluding carboxylic acids is 1. The minimum absolute atomic E-state index is 0.218. The number of rotatable bonds is 4. The number of thiophene rings is 1. The maximum Gasteiger partial charge on any atom is 0.271 e. The summed E-state index contributed by atoms with van der Waals surface area (Å²) in [5.74, 6) is -0.218. The number of aryl methyl sites for hydroxylation is 1. The lowest BCUT2D eigenvalue weighted by atomic mass is 10.2. The largest absolute Gasteiger partial charge is 0.271 e. The summed E-state index contributed by atoms with van der Waals surface area (Å²) < 4.78 is 0.870. The van der Waals surface area contributed by atoms with Gasteiger partial charge in [0.1, 0.15) is 0 Å². The molecule has 0 radical (unpaired) electrons. The monoisotopic (exact) mass is 336 g/mol. The number of nitrogens with one attached hydrogen (secondary N) is 1. The summed E-state index contributed by atoms with van der Waals surface area (Å²) in [6.45, 7) is 2.11. The van der Waals surface area contributed by atoms with Gasteiger partial charge in [-0.1, -0.05) is 28.9 Å². The Morgan fingerprint density at radius 2 is 2.26 bits per heavy atom. The highest BCUT2D eigenvalue weighted by Crippen LogP contribution is 2.14. The molecule has 0 aliphatic heterocycles. The van der Waals surface area contributed by atoms with Crippen LogP contribution in [0.2, 0.25) is 0 Å². The van der Waals surface area contributed by atoms with Crippen LogP contribution >= 0.6 is 27.3 Å². The van der Waals surface area contributed by atoms with Crippen molar-refractivity contribution in [2.45, 2.75) is 13.3 Å². The summed E-state index contributed by atoms with van der Waals surface area (Å²) >= 11 is 5.00. The summed E-state index contributed by atoms with van der Waals surface area (Å²) in [4.78, 5) is 14.1. The van der Waals surface area contributed by atoms with Gasteiger partial charge >= 0.3 is 0 Å². The van der Waals surface area contributed by atoms with Crippen LogP contribution in [0.25, 0.3) is 0 Å². The zero-order chi connectivity index (χ0) is 13.7. The van der Waals surface area contributed by atoms with Crippen LogP contribution in [-0.4, -0.2) is 12.1 Å². The number of carbonyl (C=O) groups is 1. The van der Waals surface area contributed by atoms with Crippen molar-refractivity contribution in [3.8, 4) is 0 Å². The van der Waals surface area contributed by atoms with E-state index in [-0.39, 0.29) is 5.91 Å². The quantitative estimate of drug-likeness (QED) is 0.668. The maximum absolute atomic E-state index is 11.8. The normalized spacial score (nSPS) is 10.8. The van der Waals surface area contributed by atoms with E-state index in [1.54, 1.807) is 29.7 Å². The van der Waals surface area contributed by atoms with Crippen molar-refractivity contribution in [1.82, 2.24) is 5.43 Å². The summed E-state index contributed by atoms with van der Waals surface area (Å²) in [6, 6.07) is 11.3. The van der Waals surface area contributed by atoms with E-state index < -0.39 is 0 Å². The number of nitrogens with zero attached hydrogens (tertiary/aromatic N) is 1. The van der Waals surface area contributed by atoms with Gasteiger partial charge in [-0.3, -0.25) is 4.79 Å². The van der Waals surface area contributed by atoms with Crippen LogP contribution in [0.15, 0.2) is 46.0 Å². The predicted octanol–water partition coefficient (Wildman–Crippen LogP) is 3.84. The molecule has 0 spiro atoms. The van der Waals surface area contributed by atoms with Gasteiger partial charge in [0, 0.05) is 19.8 Å². The van der Waals surface area contributed by atoms with Gasteiger partial charge in [-0.05, 0) is 36.8 Å². The van der Waals surface area contributed by atoms with Gasteiger partial charge in [-0.25, -0.2) is 5.43 Å². The minimum atomic E-state index is -0.218. The van der Waals surface area contributed by atoms with Gasteiger partial charge in [0.15, 0.2) is 0 Å². The number of benzene rings is 1. The molecule has 0 saturated heterocycles. The third-order valence-electron chi connectivity index (χ3n) is 2.48. The maximum atomic E-state index is 11.8. The topological polar surface area (TPSA) is 41.5 Å². The Hall–Kier alpha value is -1.46. The second-order valence-electron chi connectivity index (χ2n) is 3.87. The number of halogens is 1. The average molecular weight is 337 g/mol. The molecule has 1 aromatic heterocycles. The lowest BCUT2D eigenvalue weighted by Gasteiger charge is -1.99. The van der Waals surface area contributed by atoms with E-state index in [0.717, 1.165) is 15.8 Å². The molecule has 0 atom stereocenters. The first-order valence-electron chi connectivity index (χ1n) is 5.86. The van der Waals surface area contributed by atoms with Crippen molar-refractivity contribution in [3.05, 3.63) is 56.2 Å². The van der Waals surface area contributed by atoms with Crippen molar-refractivity contribution in [2.75, 3.05) is 0 Å². The molecule has 1 heterocycles. The first-order chi connectivity index (χ1) is 9.19. The molecule has 0 aliphatic carbocycles. The molecular formula is C14H13BrN2OS. The highest BCUT2D eigenvalue weighted by atomic mass is 79.9. The third kappa shape index (κ3) is 4.01. The zero-order valence-electron chi connectivity index (χ0n) is 10.4. The Labute approximate surface area is 124 Å². The molecule has 19 heavy (non-hydrogen) atoms. The van der Waals surface area contributed by atoms with Crippen molar-refractivity contribution in [1.29, 1.82) is 0 Å². The summed E-state index contributed by atoms with van der Waals surface area (Å²) in [5.41, 5.74) is 3.09. The Balaban J connectivity index is 1.96. The molecule has 0 saturated carbocycles. The molecule has 0 fully saturated rings. The molecule has 0 aliphatic rings. The van der Waals surface area contributed by atoms with Gasteiger partial charge in [0.05, 0.1) is 6.21 Å². The van der Waals surface area contributed by atoms with Gasteiger partial charge in [0.25, 0.3) is 5.91 Å². The third-order valence-corrected chi connectivity index (χ3v) is 4.13. The van der Waals surface area contributed by atoms with Crippen LogP contribution < -0.4 is 5.43 Å². The fraction of sp³-hybridized carbons (Fsp3) is 0.143. The molecule has 5 heteroatoms. The van der Waals surface area contributed by atoms with Gasteiger partial charge in [-0.15, -0.1) is 11.3 Å². The molecule has 1 N–H and O–H groups in total. The number of amides is 1. The van der Waals surface area contributed by atoms with E-state index in [1.807, 2.05) is 18.2 Å². The van der Waals surface area contributed by atoms with Crippen LogP contribution in [0.1, 0.15) is 27.0 Å². The lowest BCUT2D eigenvalue weighted by molar-refractivity contribution is 0.0955. The minimum Gasteiger partial charge on any atom is -0.267 e. The summed E-state index contributed by atoms with van der Waals surface area (Å²) in [6.07, 6.45) is 2.68. The second kappa shape index (κ2) is 6.63. The molecule has 0 bridgehead atoms. The molecular weight excluding hydrogens is 324 g/mol. The number of hydrogen-bond acceptors (Lipinski definition) is 3. The smallest absolute Gasteiger partial charge is 0.267 e. The van der Waals surface area contributed by atoms with E-state index in [4.69, 9.17) is 0 Å². The Kier molecular flexibility index (Phi) is 4.87. The number of hydrazone groups is 1. The zero-order valence-corrected chi connectivity index (χ0v) is 12.8. The van der Waals surface area contributed by atoms with Crippen LogP contribution in [0, 0.1) is 0 Å². The van der Waals surface area contributed by atoms with Crippen molar-refractivity contribution < 1.29 is 4.79 Å². The van der Waals surface area contributed by atoms with Crippen LogP contribution in [0.3, 0.4) is 0 Å². The standard InChI is InChI=1S/C14H13BrN2OS/c1-2-12-6-7-13(19-12)9-16-17-14(18)10-4-3-5-11(15)8-10/h3-9H,2H2,1H3,(H,17,18)/b16-9+. The van der Waals surface area contributed by atoms with E-state index in [0.29, 0.717) is 5.56 Å². The second-order valence-corrected chi connectivity index (χ2v) is 5.98. The molecule has 1 amide bonds. The fourth-order valence-electron chi connectivity index (χ4n) is 1.50. The van der Waals surface area contributed by atoms with Gasteiger partial charge in [0.2, 0.25) is 0 Å². The first kappa shape index (κ1) is 14.0. The molecule has 0 unspecified atom stereocenters. The van der Waals surface area contributed by atoms with Gasteiger partial charge in [-0.2, -0.15) is 5.10 Å². The Morgan fingerprint density at radius 3 is 2.95 bits per heavy atom. The molecule has 1 aromatic carbocycles. The highest BCUT2D eigenvalue weighted by molar-refractivity contribution is 9.10. The highest BCUT2D eigenvalue weighted by Gasteiger charge is 2.03. The van der Waals surface area contributed by atoms with Crippen molar-refractivity contribution in [2.24, 2.45) is 5.10 Å². The van der Waals surface area contributed by atoms with E-state index in [1.165, 1.54) is 4.88 Å². The molecule has 98 valence electrons. The average Bonchev–Trinajstić information content (AvgIpc) is 2.86. The van der Waals surface area contributed by atoms with Crippen LogP contribution in [0.5, 0.6) is 0 Å². The summed E-state index contributed by atoms with van der Waals surface area (Å²) in [7, 11) is 0. The fourth-order valence-corrected chi connectivity index (χ4v) is 2.73. The SMILES string of the molecule is CCc1ccc(/C=N/NC(=O)c2cccc(Br)c2)s1. The molecule has 2 aromatic rings. The van der Waals surface area contributed by atoms with Crippen molar-refractivity contribution >= 4 is 39.4 Å². The predicted molar refractivity (Wildman–Crippen MR) is 82.9 cm³/mol. The lowest BCUT2D eigenvalue weighted by Crippen LogP contribution is -2.17.